The van der Waals surface area contributed by atoms with Crippen LogP contribution in [0.15, 0.2) is 21.9 Å². The highest BCUT2D eigenvalue weighted by molar-refractivity contribution is 7.90. The predicted octanol–water partition coefficient (Wildman–Crippen LogP) is -1.13. The topological polar surface area (TPSA) is 146 Å². The van der Waals surface area contributed by atoms with E-state index in [0.29, 0.717) is 0 Å². The molecule has 0 aliphatic carbocycles. The summed E-state index contributed by atoms with van der Waals surface area (Å²) in [4.78, 5) is -0.792. The maximum atomic E-state index is 11.1. The zero-order valence-electron chi connectivity index (χ0n) is 8.34. The van der Waals surface area contributed by atoms with Crippen LogP contribution in [0.4, 0.5) is 5.69 Å². The van der Waals surface area contributed by atoms with Crippen molar-refractivity contribution < 1.29 is 16.8 Å². The highest BCUT2D eigenvalue weighted by Gasteiger charge is 2.19. The number of hydrogen-bond donors (Lipinski definition) is 3. The van der Waals surface area contributed by atoms with Crippen LogP contribution in [0.1, 0.15) is 5.56 Å². The summed E-state index contributed by atoms with van der Waals surface area (Å²) in [5.74, 6) is 0. The summed E-state index contributed by atoms with van der Waals surface area (Å²) in [7, 11) is -8.08. The molecule has 9 heteroatoms. The van der Waals surface area contributed by atoms with Crippen LogP contribution in [-0.2, 0) is 20.0 Å². The predicted molar refractivity (Wildman–Crippen MR) is 58.3 cm³/mol. The molecule has 1 aromatic carbocycles. The van der Waals surface area contributed by atoms with E-state index in [0.717, 1.165) is 6.07 Å². The zero-order chi connectivity index (χ0) is 12.7. The van der Waals surface area contributed by atoms with Crippen LogP contribution in [0.25, 0.3) is 0 Å². The Morgan fingerprint density at radius 2 is 1.50 bits per heavy atom. The molecule has 0 aliphatic rings. The molecule has 0 heterocycles. The summed E-state index contributed by atoms with van der Waals surface area (Å²) in [5.41, 5.74) is 5.67. The summed E-state index contributed by atoms with van der Waals surface area (Å²) in [5, 5.41) is 9.78. The fourth-order valence-corrected chi connectivity index (χ4v) is 2.59. The molecular weight excluding hydrogens is 254 g/mol. The van der Waals surface area contributed by atoms with Gasteiger partial charge in [0.05, 0.1) is 10.6 Å². The number of aryl methyl sites for hydroxylation is 1. The van der Waals surface area contributed by atoms with Gasteiger partial charge in [-0.25, -0.2) is 27.1 Å². The van der Waals surface area contributed by atoms with Crippen molar-refractivity contribution in [2.24, 2.45) is 10.3 Å². The number of nitrogen functional groups attached to an aromatic ring is 1. The second kappa shape index (κ2) is 3.70. The molecule has 16 heavy (non-hydrogen) atoms. The van der Waals surface area contributed by atoms with E-state index in [-0.39, 0.29) is 16.1 Å². The first-order chi connectivity index (χ1) is 7.03. The Balaban J connectivity index is 3.72. The molecule has 7 nitrogen and oxygen atoms in total. The summed E-state index contributed by atoms with van der Waals surface area (Å²) in [6.07, 6.45) is 0. The third-order valence-electron chi connectivity index (χ3n) is 1.96. The average Bonchev–Trinajstić information content (AvgIpc) is 2.05. The molecule has 1 rings (SSSR count). The van der Waals surface area contributed by atoms with Gasteiger partial charge in [-0.05, 0) is 24.6 Å². The molecule has 0 amide bonds. The number of nitrogens with two attached hydrogens (primary N) is 3. The van der Waals surface area contributed by atoms with Gasteiger partial charge in [0.25, 0.3) is 0 Å². The van der Waals surface area contributed by atoms with Gasteiger partial charge in [-0.15, -0.1) is 0 Å². The van der Waals surface area contributed by atoms with Gasteiger partial charge in [0.15, 0.2) is 0 Å². The largest absolute Gasteiger partial charge is 0.397 e. The minimum Gasteiger partial charge on any atom is -0.397 e. The first kappa shape index (κ1) is 12.9. The molecule has 1 aromatic rings. The van der Waals surface area contributed by atoms with Crippen LogP contribution in [0.3, 0.4) is 0 Å². The maximum Gasteiger partial charge on any atom is 0.240 e. The molecule has 90 valence electrons. The average molecular weight is 265 g/mol. The Morgan fingerprint density at radius 1 is 1.00 bits per heavy atom. The van der Waals surface area contributed by atoms with Gasteiger partial charge < -0.3 is 5.73 Å². The summed E-state index contributed by atoms with van der Waals surface area (Å²) in [6, 6.07) is 2.02. The van der Waals surface area contributed by atoms with Gasteiger partial charge >= 0.3 is 0 Å². The minimum atomic E-state index is -4.08. The Hall–Kier alpha value is -1.16. The van der Waals surface area contributed by atoms with E-state index in [1.54, 1.807) is 0 Å². The molecule has 0 spiro atoms. The second-order valence-electron chi connectivity index (χ2n) is 3.24. The Labute approximate surface area is 93.3 Å². The van der Waals surface area contributed by atoms with E-state index in [4.69, 9.17) is 16.0 Å². The second-order valence-corrected chi connectivity index (χ2v) is 6.33. The van der Waals surface area contributed by atoms with E-state index in [2.05, 4.69) is 0 Å². The highest BCUT2D eigenvalue weighted by atomic mass is 32.2. The van der Waals surface area contributed by atoms with Gasteiger partial charge in [0, 0.05) is 0 Å². The molecule has 6 N–H and O–H groups in total. The van der Waals surface area contributed by atoms with Crippen molar-refractivity contribution in [3.63, 3.8) is 0 Å². The molecule has 0 atom stereocenters. The first-order valence-electron chi connectivity index (χ1n) is 3.99. The molecule has 0 aliphatic heterocycles. The monoisotopic (exact) mass is 265 g/mol. The lowest BCUT2D eigenvalue weighted by Crippen LogP contribution is -2.18. The van der Waals surface area contributed by atoms with Gasteiger partial charge in [0.2, 0.25) is 20.0 Å². The van der Waals surface area contributed by atoms with E-state index in [9.17, 15) is 16.8 Å². The first-order valence-corrected chi connectivity index (χ1v) is 7.08. The standard InChI is InChI=1S/C7H11N3O4S2/c1-4-2-5(15(9,11)12)3-6(7(4)8)16(10,13)14/h2-3H,8H2,1H3,(H2,9,11,12)(H2,10,13,14). The lowest BCUT2D eigenvalue weighted by molar-refractivity contribution is 0.596. The number of hydrogen-bond acceptors (Lipinski definition) is 5. The van der Waals surface area contributed by atoms with E-state index >= 15 is 0 Å². The van der Waals surface area contributed by atoms with E-state index in [1.807, 2.05) is 0 Å². The minimum absolute atomic E-state index is 0.0881. The summed E-state index contributed by atoms with van der Waals surface area (Å²) < 4.78 is 44.4. The lowest BCUT2D eigenvalue weighted by atomic mass is 10.2. The number of rotatable bonds is 2. The van der Waals surface area contributed by atoms with Gasteiger partial charge in [-0.2, -0.15) is 0 Å². The molecule has 0 bridgehead atoms. The third kappa shape index (κ3) is 2.50. The smallest absolute Gasteiger partial charge is 0.240 e. The zero-order valence-corrected chi connectivity index (χ0v) is 9.97. The van der Waals surface area contributed by atoms with Crippen molar-refractivity contribution >= 4 is 25.7 Å². The normalized spacial score (nSPS) is 12.7. The lowest BCUT2D eigenvalue weighted by Gasteiger charge is -2.08. The van der Waals surface area contributed by atoms with Crippen LogP contribution in [0.2, 0.25) is 0 Å². The van der Waals surface area contributed by atoms with Crippen molar-refractivity contribution in [1.82, 2.24) is 0 Å². The van der Waals surface area contributed by atoms with E-state index < -0.39 is 24.9 Å². The molecule has 0 radical (unpaired) electrons. The fraction of sp³-hybridized carbons (Fsp3) is 0.143. The van der Waals surface area contributed by atoms with Crippen LogP contribution < -0.4 is 16.0 Å². The number of sulfonamides is 2. The molecule has 0 aromatic heterocycles. The van der Waals surface area contributed by atoms with Crippen molar-refractivity contribution in [2.45, 2.75) is 16.7 Å². The summed E-state index contributed by atoms with van der Waals surface area (Å²) >= 11 is 0. The molecule has 0 fully saturated rings. The van der Waals surface area contributed by atoms with Gasteiger partial charge in [-0.3, -0.25) is 0 Å². The molecule has 0 saturated heterocycles. The van der Waals surface area contributed by atoms with Crippen LogP contribution in [0.5, 0.6) is 0 Å². The molecule has 0 unspecified atom stereocenters. The highest BCUT2D eigenvalue weighted by Crippen LogP contribution is 2.24. The van der Waals surface area contributed by atoms with Gasteiger partial charge in [0.1, 0.15) is 4.90 Å². The summed E-state index contributed by atoms with van der Waals surface area (Å²) in [6.45, 7) is 1.46. The van der Waals surface area contributed by atoms with Crippen molar-refractivity contribution in [3.05, 3.63) is 17.7 Å². The fourth-order valence-electron chi connectivity index (χ4n) is 1.13. The molecular formula is C7H11N3O4S2. The Morgan fingerprint density at radius 3 is 1.88 bits per heavy atom. The number of benzene rings is 1. The van der Waals surface area contributed by atoms with Gasteiger partial charge in [-0.1, -0.05) is 0 Å². The Bertz CT molecular complexity index is 634. The number of primary sulfonamides is 2. The van der Waals surface area contributed by atoms with Crippen LogP contribution in [0, 0.1) is 6.92 Å². The van der Waals surface area contributed by atoms with E-state index in [1.165, 1.54) is 13.0 Å². The number of anilines is 1. The van der Waals surface area contributed by atoms with Crippen molar-refractivity contribution in [3.8, 4) is 0 Å². The maximum absolute atomic E-state index is 11.1. The van der Waals surface area contributed by atoms with Crippen LogP contribution >= 0.6 is 0 Å². The quantitative estimate of drug-likeness (QED) is 0.579. The Kier molecular flexibility index (Phi) is 2.98. The van der Waals surface area contributed by atoms with Crippen molar-refractivity contribution in [2.75, 3.05) is 5.73 Å². The third-order valence-corrected chi connectivity index (χ3v) is 3.80. The molecule has 0 saturated carbocycles. The van der Waals surface area contributed by atoms with Crippen molar-refractivity contribution in [1.29, 1.82) is 0 Å². The van der Waals surface area contributed by atoms with Crippen LogP contribution in [-0.4, -0.2) is 16.8 Å². The SMILES string of the molecule is Cc1cc(S(N)(=O)=O)cc(S(N)(=O)=O)c1N.